The standard InChI is InChI=1S/C14H18ClNO3S2/c1-3-21(17,18)12-11(9-4-6-10(15)7-5-9)14(12,8-19-2)13(16)20/h4-7,11-12H,3,8H2,1-2H3,(H2,16,20). The fourth-order valence-electron chi connectivity index (χ4n) is 3.03. The fraction of sp³-hybridized carbons (Fsp3) is 0.500. The van der Waals surface area contributed by atoms with E-state index in [1.807, 2.05) is 12.1 Å². The number of thiocarbonyl (C=S) groups is 1. The van der Waals surface area contributed by atoms with E-state index in [0.717, 1.165) is 5.56 Å². The molecule has 0 radical (unpaired) electrons. The van der Waals surface area contributed by atoms with Gasteiger partial charge in [0, 0.05) is 23.8 Å². The smallest absolute Gasteiger partial charge is 0.154 e. The lowest BCUT2D eigenvalue weighted by atomic mass is 10.00. The van der Waals surface area contributed by atoms with Crippen molar-refractivity contribution in [3.05, 3.63) is 34.9 Å². The van der Waals surface area contributed by atoms with Gasteiger partial charge in [-0.25, -0.2) is 8.42 Å². The number of nitrogens with two attached hydrogens (primary N) is 1. The number of hydrogen-bond donors (Lipinski definition) is 1. The van der Waals surface area contributed by atoms with E-state index in [9.17, 15) is 8.42 Å². The van der Waals surface area contributed by atoms with Crippen LogP contribution in [-0.2, 0) is 14.6 Å². The third-order valence-electron chi connectivity index (χ3n) is 4.12. The van der Waals surface area contributed by atoms with Crippen molar-refractivity contribution < 1.29 is 13.2 Å². The number of benzene rings is 1. The van der Waals surface area contributed by atoms with Gasteiger partial charge in [0.2, 0.25) is 0 Å². The average Bonchev–Trinajstić information content (AvgIpc) is 3.11. The minimum atomic E-state index is -3.29. The molecule has 1 saturated carbocycles. The minimum Gasteiger partial charge on any atom is -0.393 e. The number of hydrogen-bond acceptors (Lipinski definition) is 4. The highest BCUT2D eigenvalue weighted by Crippen LogP contribution is 2.63. The topological polar surface area (TPSA) is 69.4 Å². The molecule has 0 saturated heterocycles. The normalized spacial score (nSPS) is 28.3. The Morgan fingerprint density at radius 2 is 2.00 bits per heavy atom. The van der Waals surface area contributed by atoms with E-state index in [1.54, 1.807) is 19.1 Å². The third-order valence-corrected chi connectivity index (χ3v) is 7.02. The van der Waals surface area contributed by atoms with Gasteiger partial charge in [-0.2, -0.15) is 0 Å². The van der Waals surface area contributed by atoms with Crippen LogP contribution in [0.5, 0.6) is 0 Å². The minimum absolute atomic E-state index is 0.0514. The molecule has 2 rings (SSSR count). The SMILES string of the molecule is CCS(=O)(=O)C1C(c2ccc(Cl)cc2)C1(COC)C(N)=S. The van der Waals surface area contributed by atoms with Crippen molar-refractivity contribution in [1.29, 1.82) is 0 Å². The van der Waals surface area contributed by atoms with Crippen molar-refractivity contribution in [1.82, 2.24) is 0 Å². The largest absolute Gasteiger partial charge is 0.393 e. The Balaban J connectivity index is 2.51. The van der Waals surface area contributed by atoms with Gasteiger partial charge < -0.3 is 10.5 Å². The Kier molecular flexibility index (Phi) is 4.63. The highest BCUT2D eigenvalue weighted by Gasteiger charge is 2.72. The molecule has 4 nitrogen and oxygen atoms in total. The number of rotatable bonds is 6. The summed E-state index contributed by atoms with van der Waals surface area (Å²) in [5.74, 6) is -0.229. The quantitative estimate of drug-likeness (QED) is 0.798. The molecule has 21 heavy (non-hydrogen) atoms. The van der Waals surface area contributed by atoms with Crippen molar-refractivity contribution in [2.45, 2.75) is 18.1 Å². The van der Waals surface area contributed by atoms with Gasteiger partial charge in [-0.1, -0.05) is 42.9 Å². The molecule has 0 aromatic heterocycles. The summed E-state index contributed by atoms with van der Waals surface area (Å²) in [4.78, 5) is 0.186. The Hall–Kier alpha value is -0.690. The maximum absolute atomic E-state index is 12.4. The molecular weight excluding hydrogens is 330 g/mol. The van der Waals surface area contributed by atoms with Crippen LogP contribution in [0.4, 0.5) is 0 Å². The average molecular weight is 348 g/mol. The zero-order valence-corrected chi connectivity index (χ0v) is 14.3. The van der Waals surface area contributed by atoms with Crippen LogP contribution >= 0.6 is 23.8 Å². The molecule has 3 unspecified atom stereocenters. The number of methoxy groups -OCH3 is 1. The van der Waals surface area contributed by atoms with Gasteiger partial charge in [0.05, 0.1) is 22.3 Å². The second-order valence-corrected chi connectivity index (χ2v) is 8.53. The van der Waals surface area contributed by atoms with E-state index >= 15 is 0 Å². The summed E-state index contributed by atoms with van der Waals surface area (Å²) >= 11 is 11.1. The van der Waals surface area contributed by atoms with Crippen molar-refractivity contribution in [2.75, 3.05) is 19.5 Å². The van der Waals surface area contributed by atoms with Gasteiger partial charge >= 0.3 is 0 Å². The van der Waals surface area contributed by atoms with Gasteiger partial charge in [-0.15, -0.1) is 0 Å². The number of sulfone groups is 1. The van der Waals surface area contributed by atoms with Crippen LogP contribution in [0.2, 0.25) is 5.02 Å². The Bertz CT molecular complexity index is 645. The van der Waals surface area contributed by atoms with E-state index in [2.05, 4.69) is 0 Å². The molecule has 1 aliphatic rings. The van der Waals surface area contributed by atoms with Crippen LogP contribution in [0.25, 0.3) is 0 Å². The molecule has 2 N–H and O–H groups in total. The molecule has 1 aromatic carbocycles. The second-order valence-electron chi connectivity index (χ2n) is 5.24. The van der Waals surface area contributed by atoms with E-state index in [4.69, 9.17) is 34.3 Å². The van der Waals surface area contributed by atoms with Crippen molar-refractivity contribution >= 4 is 38.6 Å². The summed E-state index contributed by atoms with van der Waals surface area (Å²) in [7, 11) is -1.77. The van der Waals surface area contributed by atoms with Crippen molar-refractivity contribution in [3.63, 3.8) is 0 Å². The molecule has 3 atom stereocenters. The first kappa shape index (κ1) is 16.7. The highest BCUT2D eigenvalue weighted by atomic mass is 35.5. The van der Waals surface area contributed by atoms with Crippen molar-refractivity contribution in [2.24, 2.45) is 11.1 Å². The molecule has 0 heterocycles. The van der Waals surface area contributed by atoms with E-state index in [0.29, 0.717) is 5.02 Å². The lowest BCUT2D eigenvalue weighted by molar-refractivity contribution is 0.166. The van der Waals surface area contributed by atoms with E-state index < -0.39 is 20.5 Å². The molecular formula is C14H18ClNO3S2. The first-order valence-corrected chi connectivity index (χ1v) is 9.07. The van der Waals surface area contributed by atoms with Crippen LogP contribution in [0.15, 0.2) is 24.3 Å². The molecule has 0 spiro atoms. The summed E-state index contributed by atoms with van der Waals surface area (Å²) in [5.41, 5.74) is 5.92. The van der Waals surface area contributed by atoms with E-state index in [-0.39, 0.29) is 23.3 Å². The van der Waals surface area contributed by atoms with Gasteiger partial charge in [-0.05, 0) is 17.7 Å². The summed E-state index contributed by atoms with van der Waals surface area (Å²) in [6, 6.07) is 7.12. The Morgan fingerprint density at radius 1 is 1.43 bits per heavy atom. The van der Waals surface area contributed by atoms with Gasteiger partial charge in [0.25, 0.3) is 0 Å². The maximum atomic E-state index is 12.4. The predicted molar refractivity (Wildman–Crippen MR) is 88.5 cm³/mol. The van der Waals surface area contributed by atoms with Crippen molar-refractivity contribution in [3.8, 4) is 0 Å². The molecule has 0 aliphatic heterocycles. The first-order valence-electron chi connectivity index (χ1n) is 6.57. The van der Waals surface area contributed by atoms with Gasteiger partial charge in [0.15, 0.2) is 9.84 Å². The molecule has 0 amide bonds. The summed E-state index contributed by atoms with van der Waals surface area (Å²) in [6.45, 7) is 1.82. The number of ether oxygens (including phenoxy) is 1. The van der Waals surface area contributed by atoms with Crippen LogP contribution in [0.1, 0.15) is 18.4 Å². The van der Waals surface area contributed by atoms with Crippen LogP contribution in [-0.4, -0.2) is 38.1 Å². The monoisotopic (exact) mass is 347 g/mol. The Morgan fingerprint density at radius 3 is 2.43 bits per heavy atom. The van der Waals surface area contributed by atoms with E-state index in [1.165, 1.54) is 7.11 Å². The predicted octanol–water partition coefficient (Wildman–Crippen LogP) is 2.16. The maximum Gasteiger partial charge on any atom is 0.154 e. The molecule has 1 fully saturated rings. The van der Waals surface area contributed by atoms with Crippen LogP contribution in [0.3, 0.4) is 0 Å². The lowest BCUT2D eigenvalue weighted by Gasteiger charge is -2.15. The Labute approximate surface area is 135 Å². The lowest BCUT2D eigenvalue weighted by Crippen LogP contribution is -2.33. The zero-order valence-electron chi connectivity index (χ0n) is 11.9. The van der Waals surface area contributed by atoms with Gasteiger partial charge in [-0.3, -0.25) is 0 Å². The second kappa shape index (κ2) is 5.83. The number of halogens is 1. The third kappa shape index (κ3) is 2.70. The summed E-state index contributed by atoms with van der Waals surface area (Å²) in [5, 5.41) is -0.0319. The molecule has 1 aliphatic carbocycles. The summed E-state index contributed by atoms with van der Waals surface area (Å²) in [6.07, 6.45) is 0. The molecule has 7 heteroatoms. The molecule has 0 bridgehead atoms. The highest BCUT2D eigenvalue weighted by molar-refractivity contribution is 7.92. The van der Waals surface area contributed by atoms with Gasteiger partial charge in [0.1, 0.15) is 0 Å². The zero-order chi connectivity index (χ0) is 15.8. The van der Waals surface area contributed by atoms with Crippen LogP contribution in [0, 0.1) is 5.41 Å². The fourth-order valence-corrected chi connectivity index (χ4v) is 5.62. The van der Waals surface area contributed by atoms with Crippen LogP contribution < -0.4 is 5.73 Å². The molecule has 1 aromatic rings. The summed E-state index contributed by atoms with van der Waals surface area (Å²) < 4.78 is 30.0. The first-order chi connectivity index (χ1) is 9.81. The molecule has 116 valence electrons.